The molecule has 0 radical (unpaired) electrons. The standard InChI is InChI=1S/C16H22FNOS/c17-14-3-5-15(6-4-14)20-10-2-1-8-18-11-16(12-18)7-9-19-13-16/h3-6H,1-2,7-13H2. The monoisotopic (exact) mass is 295 g/mol. The third-order valence-electron chi connectivity index (χ3n) is 4.25. The molecule has 2 fully saturated rings. The Labute approximate surface area is 124 Å². The van der Waals surface area contributed by atoms with Gasteiger partial charge < -0.3 is 9.64 Å². The third kappa shape index (κ3) is 3.54. The zero-order valence-corrected chi connectivity index (χ0v) is 12.6. The van der Waals surface area contributed by atoms with Gasteiger partial charge in [-0.05, 0) is 55.8 Å². The average Bonchev–Trinajstić information content (AvgIpc) is 2.89. The van der Waals surface area contributed by atoms with Crippen molar-refractivity contribution in [1.29, 1.82) is 0 Å². The maximum absolute atomic E-state index is 12.8. The Hall–Kier alpha value is -0.580. The van der Waals surface area contributed by atoms with Crippen LogP contribution in [0.1, 0.15) is 19.3 Å². The number of hydrogen-bond acceptors (Lipinski definition) is 3. The van der Waals surface area contributed by atoms with Crippen LogP contribution in [0.25, 0.3) is 0 Å². The van der Waals surface area contributed by atoms with E-state index in [0.717, 1.165) is 23.9 Å². The summed E-state index contributed by atoms with van der Waals surface area (Å²) in [6.45, 7) is 5.62. The molecule has 0 saturated carbocycles. The van der Waals surface area contributed by atoms with Crippen molar-refractivity contribution in [1.82, 2.24) is 4.90 Å². The lowest BCUT2D eigenvalue weighted by Crippen LogP contribution is -2.56. The van der Waals surface area contributed by atoms with Gasteiger partial charge in [0.15, 0.2) is 0 Å². The second-order valence-electron chi connectivity index (χ2n) is 6.02. The predicted octanol–water partition coefficient (Wildman–Crippen LogP) is 3.42. The van der Waals surface area contributed by atoms with Crippen LogP contribution in [-0.4, -0.2) is 43.5 Å². The Morgan fingerprint density at radius 2 is 2.00 bits per heavy atom. The van der Waals surface area contributed by atoms with Crippen LogP contribution >= 0.6 is 11.8 Å². The molecule has 4 heteroatoms. The van der Waals surface area contributed by atoms with Gasteiger partial charge in [0.25, 0.3) is 0 Å². The van der Waals surface area contributed by atoms with Crippen molar-refractivity contribution >= 4 is 11.8 Å². The molecule has 2 heterocycles. The van der Waals surface area contributed by atoms with E-state index in [9.17, 15) is 4.39 Å². The molecule has 2 aliphatic heterocycles. The number of rotatable bonds is 6. The molecule has 3 rings (SSSR count). The first-order valence-electron chi connectivity index (χ1n) is 7.44. The van der Waals surface area contributed by atoms with E-state index < -0.39 is 0 Å². The first-order valence-corrected chi connectivity index (χ1v) is 8.43. The van der Waals surface area contributed by atoms with E-state index in [1.165, 1.54) is 51.0 Å². The van der Waals surface area contributed by atoms with Crippen molar-refractivity contribution in [3.8, 4) is 0 Å². The lowest BCUT2D eigenvalue weighted by molar-refractivity contribution is -0.00712. The fourth-order valence-corrected chi connectivity index (χ4v) is 4.03. The van der Waals surface area contributed by atoms with E-state index in [2.05, 4.69) is 4.90 Å². The first-order chi connectivity index (χ1) is 9.76. The van der Waals surface area contributed by atoms with Crippen molar-refractivity contribution in [2.24, 2.45) is 5.41 Å². The Morgan fingerprint density at radius 1 is 1.20 bits per heavy atom. The molecule has 1 aromatic rings. The summed E-state index contributed by atoms with van der Waals surface area (Å²) in [5, 5.41) is 0. The zero-order chi connectivity index (χ0) is 13.8. The van der Waals surface area contributed by atoms with Gasteiger partial charge in [0, 0.05) is 30.0 Å². The van der Waals surface area contributed by atoms with E-state index in [1.54, 1.807) is 0 Å². The Bertz CT molecular complexity index is 423. The predicted molar refractivity (Wildman–Crippen MR) is 80.7 cm³/mol. The van der Waals surface area contributed by atoms with Gasteiger partial charge in [-0.1, -0.05) is 0 Å². The molecule has 110 valence electrons. The smallest absolute Gasteiger partial charge is 0.123 e. The summed E-state index contributed by atoms with van der Waals surface area (Å²) in [6, 6.07) is 6.79. The van der Waals surface area contributed by atoms with E-state index in [1.807, 2.05) is 23.9 Å². The molecule has 0 N–H and O–H groups in total. The molecule has 1 aromatic carbocycles. The number of thioether (sulfide) groups is 1. The number of benzene rings is 1. The minimum atomic E-state index is -0.156. The SMILES string of the molecule is Fc1ccc(SCCCCN2CC3(CCOC3)C2)cc1. The number of hydrogen-bond donors (Lipinski definition) is 0. The van der Waals surface area contributed by atoms with E-state index in [0.29, 0.717) is 5.41 Å². The molecular weight excluding hydrogens is 273 g/mol. The quantitative estimate of drug-likeness (QED) is 0.589. The Morgan fingerprint density at radius 3 is 2.70 bits per heavy atom. The molecule has 2 aliphatic rings. The molecule has 0 bridgehead atoms. The first kappa shape index (κ1) is 14.4. The molecule has 20 heavy (non-hydrogen) atoms. The number of likely N-dealkylation sites (tertiary alicyclic amines) is 1. The third-order valence-corrected chi connectivity index (χ3v) is 5.35. The summed E-state index contributed by atoms with van der Waals surface area (Å²) in [4.78, 5) is 3.72. The van der Waals surface area contributed by atoms with Crippen LogP contribution in [0, 0.1) is 11.2 Å². The van der Waals surface area contributed by atoms with Gasteiger partial charge in [-0.15, -0.1) is 11.8 Å². The highest BCUT2D eigenvalue weighted by atomic mass is 32.2. The number of unbranched alkanes of at least 4 members (excludes halogenated alkanes) is 1. The fourth-order valence-electron chi connectivity index (χ4n) is 3.12. The van der Waals surface area contributed by atoms with Crippen molar-refractivity contribution in [2.75, 3.05) is 38.6 Å². The number of nitrogens with zero attached hydrogens (tertiary/aromatic N) is 1. The van der Waals surface area contributed by atoms with Gasteiger partial charge in [0.2, 0.25) is 0 Å². The summed E-state index contributed by atoms with van der Waals surface area (Å²) in [5.74, 6) is 0.963. The molecule has 0 amide bonds. The average molecular weight is 295 g/mol. The molecule has 2 saturated heterocycles. The lowest BCUT2D eigenvalue weighted by Gasteiger charge is -2.47. The zero-order valence-electron chi connectivity index (χ0n) is 11.8. The van der Waals surface area contributed by atoms with E-state index in [-0.39, 0.29) is 5.82 Å². The summed E-state index contributed by atoms with van der Waals surface area (Å²) in [5.41, 5.74) is 0.517. The second kappa shape index (κ2) is 6.46. The Kier molecular flexibility index (Phi) is 4.64. The van der Waals surface area contributed by atoms with Crippen LogP contribution < -0.4 is 0 Å². The van der Waals surface area contributed by atoms with Crippen LogP contribution in [0.4, 0.5) is 4.39 Å². The summed E-state index contributed by atoms with van der Waals surface area (Å²) in [6.07, 6.45) is 3.73. The van der Waals surface area contributed by atoms with Gasteiger partial charge in [-0.3, -0.25) is 0 Å². The highest BCUT2D eigenvalue weighted by Crippen LogP contribution is 2.38. The van der Waals surface area contributed by atoms with Gasteiger partial charge in [0.05, 0.1) is 6.61 Å². The van der Waals surface area contributed by atoms with Crippen molar-refractivity contribution in [2.45, 2.75) is 24.2 Å². The largest absolute Gasteiger partial charge is 0.381 e. The van der Waals surface area contributed by atoms with Crippen molar-refractivity contribution in [3.63, 3.8) is 0 Å². The molecule has 0 aliphatic carbocycles. The van der Waals surface area contributed by atoms with Gasteiger partial charge in [-0.2, -0.15) is 0 Å². The van der Waals surface area contributed by atoms with E-state index in [4.69, 9.17) is 4.74 Å². The van der Waals surface area contributed by atoms with E-state index >= 15 is 0 Å². The highest BCUT2D eigenvalue weighted by Gasteiger charge is 2.45. The molecule has 0 atom stereocenters. The number of halogens is 1. The second-order valence-corrected chi connectivity index (χ2v) is 7.19. The lowest BCUT2D eigenvalue weighted by atomic mass is 9.79. The van der Waals surface area contributed by atoms with Crippen molar-refractivity contribution < 1.29 is 9.13 Å². The topological polar surface area (TPSA) is 12.5 Å². The van der Waals surface area contributed by atoms with Crippen LogP contribution in [0.15, 0.2) is 29.2 Å². The highest BCUT2D eigenvalue weighted by molar-refractivity contribution is 7.99. The molecule has 0 aromatic heterocycles. The minimum Gasteiger partial charge on any atom is -0.381 e. The maximum Gasteiger partial charge on any atom is 0.123 e. The molecular formula is C16H22FNOS. The minimum absolute atomic E-state index is 0.156. The van der Waals surface area contributed by atoms with Crippen LogP contribution in [0.2, 0.25) is 0 Å². The molecule has 0 unspecified atom stereocenters. The van der Waals surface area contributed by atoms with Crippen LogP contribution in [0.3, 0.4) is 0 Å². The summed E-state index contributed by atoms with van der Waals surface area (Å²) < 4.78 is 18.3. The summed E-state index contributed by atoms with van der Waals surface area (Å²) in [7, 11) is 0. The van der Waals surface area contributed by atoms with Gasteiger partial charge in [0.1, 0.15) is 5.82 Å². The van der Waals surface area contributed by atoms with Gasteiger partial charge >= 0.3 is 0 Å². The normalized spacial score (nSPS) is 21.2. The van der Waals surface area contributed by atoms with Crippen LogP contribution in [-0.2, 0) is 4.74 Å². The Balaban J connectivity index is 1.25. The van der Waals surface area contributed by atoms with Crippen LogP contribution in [0.5, 0.6) is 0 Å². The maximum atomic E-state index is 12.8. The molecule has 1 spiro atoms. The van der Waals surface area contributed by atoms with Crippen molar-refractivity contribution in [3.05, 3.63) is 30.1 Å². The molecule has 2 nitrogen and oxygen atoms in total. The van der Waals surface area contributed by atoms with Gasteiger partial charge in [-0.25, -0.2) is 4.39 Å². The summed E-state index contributed by atoms with van der Waals surface area (Å²) >= 11 is 1.82. The fraction of sp³-hybridized carbons (Fsp3) is 0.625. The number of ether oxygens (including phenoxy) is 1.